The molecule has 3 rings (SSSR count). The minimum Gasteiger partial charge on any atom is -0.342 e. The largest absolute Gasteiger partial charge is 0.342 e. The number of thiophene rings is 1. The number of nitrogens with one attached hydrogen (secondary N) is 1. The van der Waals surface area contributed by atoms with Crippen molar-refractivity contribution in [2.24, 2.45) is 0 Å². The number of H-pyrrole nitrogens is 1. The maximum atomic E-state index is 4.64. The molecule has 0 atom stereocenters. The number of hydrogen-bond acceptors (Lipinski definition) is 2. The minimum absolute atomic E-state index is 0.885. The molecule has 0 spiro atoms. The number of fused-ring (bicyclic) bond motifs is 1. The van der Waals surface area contributed by atoms with Crippen molar-refractivity contribution in [2.45, 2.75) is 20.3 Å². The van der Waals surface area contributed by atoms with Gasteiger partial charge in [0.15, 0.2) is 0 Å². The van der Waals surface area contributed by atoms with Gasteiger partial charge in [-0.2, -0.15) is 11.3 Å². The van der Waals surface area contributed by atoms with E-state index < -0.39 is 0 Å². The normalized spacial score (nSPS) is 11.2. The molecule has 0 fully saturated rings. The van der Waals surface area contributed by atoms with Crippen LogP contribution in [0.3, 0.4) is 0 Å². The monoisotopic (exact) mass is 242 g/mol. The SMILES string of the molecule is Cc1cc2nc(Cc3ccsc3)[nH]c2cc1C. The third-order valence-electron chi connectivity index (χ3n) is 3.10. The fourth-order valence-corrected chi connectivity index (χ4v) is 2.66. The van der Waals surface area contributed by atoms with Crippen LogP contribution < -0.4 is 0 Å². The maximum Gasteiger partial charge on any atom is 0.111 e. The Morgan fingerprint density at radius 3 is 2.82 bits per heavy atom. The van der Waals surface area contributed by atoms with E-state index >= 15 is 0 Å². The first kappa shape index (κ1) is 10.5. The lowest BCUT2D eigenvalue weighted by molar-refractivity contribution is 1.04. The Kier molecular flexibility index (Phi) is 2.48. The molecule has 2 heterocycles. The third-order valence-corrected chi connectivity index (χ3v) is 3.83. The molecule has 0 unspecified atom stereocenters. The number of aromatic amines is 1. The van der Waals surface area contributed by atoms with Gasteiger partial charge in [-0.05, 0) is 59.5 Å². The van der Waals surface area contributed by atoms with Gasteiger partial charge in [0.05, 0.1) is 11.0 Å². The smallest absolute Gasteiger partial charge is 0.111 e. The highest BCUT2D eigenvalue weighted by molar-refractivity contribution is 7.07. The molecule has 0 aliphatic carbocycles. The molecule has 0 saturated heterocycles. The van der Waals surface area contributed by atoms with E-state index in [4.69, 9.17) is 0 Å². The van der Waals surface area contributed by atoms with Crippen LogP contribution in [-0.4, -0.2) is 9.97 Å². The van der Waals surface area contributed by atoms with Crippen molar-refractivity contribution in [3.05, 3.63) is 51.5 Å². The standard InChI is InChI=1S/C14H14N2S/c1-9-5-12-13(6-10(9)2)16-14(15-12)7-11-3-4-17-8-11/h3-6,8H,7H2,1-2H3,(H,15,16). The van der Waals surface area contributed by atoms with Gasteiger partial charge in [0.25, 0.3) is 0 Å². The topological polar surface area (TPSA) is 28.7 Å². The van der Waals surface area contributed by atoms with E-state index in [9.17, 15) is 0 Å². The summed E-state index contributed by atoms with van der Waals surface area (Å²) in [6.07, 6.45) is 0.885. The van der Waals surface area contributed by atoms with Crippen LogP contribution in [0.2, 0.25) is 0 Å². The molecule has 0 aliphatic heterocycles. The molecule has 86 valence electrons. The zero-order valence-electron chi connectivity index (χ0n) is 9.95. The zero-order valence-corrected chi connectivity index (χ0v) is 10.8. The Labute approximate surface area is 104 Å². The molecule has 3 heteroatoms. The van der Waals surface area contributed by atoms with E-state index in [0.29, 0.717) is 0 Å². The van der Waals surface area contributed by atoms with Crippen molar-refractivity contribution < 1.29 is 0 Å². The van der Waals surface area contributed by atoms with Gasteiger partial charge in [-0.1, -0.05) is 0 Å². The predicted octanol–water partition coefficient (Wildman–Crippen LogP) is 3.83. The Hall–Kier alpha value is -1.61. The summed E-state index contributed by atoms with van der Waals surface area (Å²) in [6, 6.07) is 6.47. The summed E-state index contributed by atoms with van der Waals surface area (Å²) < 4.78 is 0. The molecule has 0 radical (unpaired) electrons. The highest BCUT2D eigenvalue weighted by Crippen LogP contribution is 2.19. The van der Waals surface area contributed by atoms with Crippen LogP contribution in [0.25, 0.3) is 11.0 Å². The van der Waals surface area contributed by atoms with Crippen molar-refractivity contribution in [1.29, 1.82) is 0 Å². The number of aromatic nitrogens is 2. The first-order chi connectivity index (χ1) is 8.22. The summed E-state index contributed by atoms with van der Waals surface area (Å²) in [5.41, 5.74) is 6.13. The van der Waals surface area contributed by atoms with Gasteiger partial charge in [0.2, 0.25) is 0 Å². The number of aryl methyl sites for hydroxylation is 2. The average molecular weight is 242 g/mol. The lowest BCUT2D eigenvalue weighted by Gasteiger charge is -1.97. The van der Waals surface area contributed by atoms with Gasteiger partial charge < -0.3 is 4.98 Å². The van der Waals surface area contributed by atoms with Gasteiger partial charge >= 0.3 is 0 Å². The van der Waals surface area contributed by atoms with Crippen LogP contribution in [0.4, 0.5) is 0 Å². The van der Waals surface area contributed by atoms with Crippen LogP contribution in [0.15, 0.2) is 29.0 Å². The molecule has 0 amide bonds. The third kappa shape index (κ3) is 1.98. The molecule has 0 saturated carbocycles. The summed E-state index contributed by atoms with van der Waals surface area (Å²) in [5.74, 6) is 1.04. The fourth-order valence-electron chi connectivity index (χ4n) is 1.99. The first-order valence-electron chi connectivity index (χ1n) is 5.69. The number of imidazole rings is 1. The molecule has 3 aromatic rings. The molecule has 17 heavy (non-hydrogen) atoms. The van der Waals surface area contributed by atoms with Crippen molar-refractivity contribution in [3.63, 3.8) is 0 Å². The van der Waals surface area contributed by atoms with E-state index in [0.717, 1.165) is 23.3 Å². The Morgan fingerprint density at radius 1 is 1.24 bits per heavy atom. The summed E-state index contributed by atoms with van der Waals surface area (Å²) in [5, 5.41) is 4.27. The van der Waals surface area contributed by atoms with Crippen molar-refractivity contribution in [1.82, 2.24) is 9.97 Å². The maximum absolute atomic E-state index is 4.64. The molecule has 2 nitrogen and oxygen atoms in total. The van der Waals surface area contributed by atoms with E-state index in [1.54, 1.807) is 11.3 Å². The molecule has 1 aromatic carbocycles. The number of hydrogen-bond donors (Lipinski definition) is 1. The van der Waals surface area contributed by atoms with Gasteiger partial charge in [-0.15, -0.1) is 0 Å². The second kappa shape index (κ2) is 4.00. The quantitative estimate of drug-likeness (QED) is 0.727. The summed E-state index contributed by atoms with van der Waals surface area (Å²) in [4.78, 5) is 8.03. The van der Waals surface area contributed by atoms with Gasteiger partial charge in [0.1, 0.15) is 5.82 Å². The van der Waals surface area contributed by atoms with E-state index in [1.165, 1.54) is 16.7 Å². The Morgan fingerprint density at radius 2 is 2.06 bits per heavy atom. The lowest BCUT2D eigenvalue weighted by atomic mass is 10.1. The minimum atomic E-state index is 0.885. The summed E-state index contributed by atoms with van der Waals surface area (Å²) in [7, 11) is 0. The summed E-state index contributed by atoms with van der Waals surface area (Å²) >= 11 is 1.73. The molecule has 0 bridgehead atoms. The molecular weight excluding hydrogens is 228 g/mol. The molecular formula is C14H14N2S. The summed E-state index contributed by atoms with van der Waals surface area (Å²) in [6.45, 7) is 4.26. The van der Waals surface area contributed by atoms with Gasteiger partial charge in [-0.3, -0.25) is 0 Å². The average Bonchev–Trinajstić information content (AvgIpc) is 2.89. The van der Waals surface area contributed by atoms with E-state index in [-0.39, 0.29) is 0 Å². The van der Waals surface area contributed by atoms with Crippen molar-refractivity contribution >= 4 is 22.4 Å². The van der Waals surface area contributed by atoms with Crippen LogP contribution in [0.5, 0.6) is 0 Å². The fraction of sp³-hybridized carbons (Fsp3) is 0.214. The predicted molar refractivity (Wildman–Crippen MR) is 72.7 cm³/mol. The molecule has 2 aromatic heterocycles. The van der Waals surface area contributed by atoms with Crippen molar-refractivity contribution in [2.75, 3.05) is 0 Å². The van der Waals surface area contributed by atoms with Gasteiger partial charge in [0, 0.05) is 6.42 Å². The van der Waals surface area contributed by atoms with Gasteiger partial charge in [-0.25, -0.2) is 4.98 Å². The zero-order chi connectivity index (χ0) is 11.8. The van der Waals surface area contributed by atoms with E-state index in [1.807, 2.05) is 0 Å². The lowest BCUT2D eigenvalue weighted by Crippen LogP contribution is -1.87. The Balaban J connectivity index is 2.02. The molecule has 0 aliphatic rings. The first-order valence-corrected chi connectivity index (χ1v) is 6.63. The number of rotatable bonds is 2. The van der Waals surface area contributed by atoms with Crippen LogP contribution in [0.1, 0.15) is 22.5 Å². The van der Waals surface area contributed by atoms with E-state index in [2.05, 4.69) is 52.8 Å². The highest BCUT2D eigenvalue weighted by atomic mass is 32.1. The second-order valence-electron chi connectivity index (χ2n) is 4.45. The second-order valence-corrected chi connectivity index (χ2v) is 5.23. The molecule has 1 N–H and O–H groups in total. The number of nitrogens with zero attached hydrogens (tertiary/aromatic N) is 1. The number of benzene rings is 1. The van der Waals surface area contributed by atoms with Crippen LogP contribution in [-0.2, 0) is 6.42 Å². The Bertz CT molecular complexity index is 611. The van der Waals surface area contributed by atoms with Crippen LogP contribution >= 0.6 is 11.3 Å². The highest BCUT2D eigenvalue weighted by Gasteiger charge is 2.05. The van der Waals surface area contributed by atoms with Crippen LogP contribution in [0, 0.1) is 13.8 Å². The van der Waals surface area contributed by atoms with Crippen molar-refractivity contribution in [3.8, 4) is 0 Å².